The molecule has 1 atom stereocenters. The first kappa shape index (κ1) is 28.1. The molecule has 5 nitrogen and oxygen atoms in total. The summed E-state index contributed by atoms with van der Waals surface area (Å²) in [7, 11) is 1.54. The predicted molar refractivity (Wildman–Crippen MR) is 145 cm³/mol. The molecule has 0 amide bonds. The normalized spacial score (nSPS) is 16.0. The Labute approximate surface area is 230 Å². The second-order valence-electron chi connectivity index (χ2n) is 9.68. The van der Waals surface area contributed by atoms with Crippen molar-refractivity contribution < 1.29 is 23.4 Å². The van der Waals surface area contributed by atoms with Crippen molar-refractivity contribution in [1.82, 2.24) is 9.88 Å². The standard InChI is InChI=1S/C29H28Cl2F2N2O3/c1-38-21-6-7-26-22(16-21)28(24(31)18-34-26)25(33)8-9-29(17-27(36)37)10-13-35(14-11-29)12-2-3-19-4-5-20(32)15-23(19)30/h4-7,15-16,18,25H,8-14,17H2,1H3,(H,36,37)/t25-/m0/s1. The van der Waals surface area contributed by atoms with Gasteiger partial charge in [-0.25, -0.2) is 8.78 Å². The molecular formula is C29H28Cl2F2N2O3. The average molecular weight is 561 g/mol. The number of nitrogens with zero attached hydrogens (tertiary/aromatic N) is 2. The number of benzene rings is 2. The van der Waals surface area contributed by atoms with Crippen LogP contribution in [0, 0.1) is 23.1 Å². The number of halogens is 4. The minimum atomic E-state index is -1.38. The van der Waals surface area contributed by atoms with E-state index in [0.717, 1.165) is 0 Å². The summed E-state index contributed by atoms with van der Waals surface area (Å²) in [5.74, 6) is 5.30. The van der Waals surface area contributed by atoms with Gasteiger partial charge in [-0.05, 0) is 80.6 Å². The van der Waals surface area contributed by atoms with Gasteiger partial charge >= 0.3 is 5.97 Å². The molecule has 2 aromatic carbocycles. The largest absolute Gasteiger partial charge is 0.497 e. The number of pyridine rings is 1. The zero-order valence-corrected chi connectivity index (χ0v) is 22.5. The highest BCUT2D eigenvalue weighted by molar-refractivity contribution is 6.32. The first-order valence-electron chi connectivity index (χ1n) is 12.3. The molecule has 0 spiro atoms. The van der Waals surface area contributed by atoms with E-state index >= 15 is 4.39 Å². The average Bonchev–Trinajstić information content (AvgIpc) is 2.89. The lowest BCUT2D eigenvalue weighted by atomic mass is 9.71. The first-order chi connectivity index (χ1) is 18.2. The molecule has 1 aliphatic heterocycles. The van der Waals surface area contributed by atoms with Gasteiger partial charge in [-0.2, -0.15) is 0 Å². The Bertz CT molecular complexity index is 1380. The van der Waals surface area contributed by atoms with Crippen LogP contribution in [-0.4, -0.2) is 47.7 Å². The third-order valence-corrected chi connectivity index (χ3v) is 7.82. The van der Waals surface area contributed by atoms with E-state index in [9.17, 15) is 14.3 Å². The number of aliphatic carboxylic acids is 1. The van der Waals surface area contributed by atoms with Crippen molar-refractivity contribution in [2.24, 2.45) is 5.41 Å². The van der Waals surface area contributed by atoms with Crippen LogP contribution in [0.4, 0.5) is 8.78 Å². The fourth-order valence-electron chi connectivity index (χ4n) is 5.05. The summed E-state index contributed by atoms with van der Waals surface area (Å²) in [5, 5.41) is 10.7. The van der Waals surface area contributed by atoms with Gasteiger partial charge in [0, 0.05) is 22.7 Å². The Hall–Kier alpha value is -2.92. The van der Waals surface area contributed by atoms with Gasteiger partial charge in [-0.15, -0.1) is 0 Å². The molecule has 0 saturated carbocycles. The van der Waals surface area contributed by atoms with Crippen LogP contribution in [-0.2, 0) is 4.79 Å². The number of piperidine rings is 1. The molecule has 0 unspecified atom stereocenters. The fraction of sp³-hybridized carbons (Fsp3) is 0.379. The van der Waals surface area contributed by atoms with Gasteiger partial charge in [0.25, 0.3) is 0 Å². The number of ether oxygens (including phenoxy) is 1. The van der Waals surface area contributed by atoms with Crippen LogP contribution in [0.15, 0.2) is 42.6 Å². The Morgan fingerprint density at radius 3 is 2.66 bits per heavy atom. The Morgan fingerprint density at radius 1 is 1.21 bits per heavy atom. The van der Waals surface area contributed by atoms with E-state index in [0.29, 0.717) is 66.7 Å². The SMILES string of the molecule is COc1ccc2ncc(Cl)c([C@@H](F)CCC3(CC(=O)O)CCN(CC#Cc4ccc(F)cc4Cl)CC3)c2c1. The first-order valence-corrected chi connectivity index (χ1v) is 13.1. The molecule has 0 radical (unpaired) electrons. The van der Waals surface area contributed by atoms with Crippen LogP contribution in [0.5, 0.6) is 5.75 Å². The van der Waals surface area contributed by atoms with Crippen LogP contribution < -0.4 is 4.74 Å². The number of rotatable bonds is 8. The minimum Gasteiger partial charge on any atom is -0.497 e. The van der Waals surface area contributed by atoms with Crippen molar-refractivity contribution in [3.63, 3.8) is 0 Å². The van der Waals surface area contributed by atoms with Gasteiger partial charge in [0.2, 0.25) is 0 Å². The lowest BCUT2D eigenvalue weighted by molar-refractivity contribution is -0.141. The number of likely N-dealkylation sites (tertiary alicyclic amines) is 1. The van der Waals surface area contributed by atoms with Crippen LogP contribution >= 0.6 is 23.2 Å². The lowest BCUT2D eigenvalue weighted by Crippen LogP contribution is -2.41. The second kappa shape index (κ2) is 12.3. The number of carboxylic acids is 1. The molecular weight excluding hydrogens is 533 g/mol. The van der Waals surface area contributed by atoms with Crippen LogP contribution in [0.1, 0.15) is 49.4 Å². The van der Waals surface area contributed by atoms with Gasteiger partial charge in [0.15, 0.2) is 0 Å². The predicted octanol–water partition coefficient (Wildman–Crippen LogP) is 7.09. The zero-order chi connectivity index (χ0) is 27.3. The molecule has 1 fully saturated rings. The zero-order valence-electron chi connectivity index (χ0n) is 20.9. The molecule has 2 heterocycles. The molecule has 1 saturated heterocycles. The van der Waals surface area contributed by atoms with E-state index < -0.39 is 23.4 Å². The van der Waals surface area contributed by atoms with E-state index in [-0.39, 0.29) is 22.9 Å². The topological polar surface area (TPSA) is 62.7 Å². The number of alkyl halides is 1. The summed E-state index contributed by atoms with van der Waals surface area (Å²) < 4.78 is 34.2. The van der Waals surface area contributed by atoms with Crippen LogP contribution in [0.3, 0.4) is 0 Å². The van der Waals surface area contributed by atoms with Crippen LogP contribution in [0.25, 0.3) is 10.9 Å². The van der Waals surface area contributed by atoms with Gasteiger partial charge in [-0.3, -0.25) is 14.7 Å². The maximum atomic E-state index is 15.7. The molecule has 4 rings (SSSR count). The van der Waals surface area contributed by atoms with Crippen molar-refractivity contribution in [1.29, 1.82) is 0 Å². The van der Waals surface area contributed by atoms with Crippen molar-refractivity contribution >= 4 is 40.1 Å². The fourth-order valence-corrected chi connectivity index (χ4v) is 5.53. The third-order valence-electron chi connectivity index (χ3n) is 7.21. The van der Waals surface area contributed by atoms with E-state index in [1.807, 2.05) is 0 Å². The summed E-state index contributed by atoms with van der Waals surface area (Å²) in [6.07, 6.45) is 1.83. The highest BCUT2D eigenvalue weighted by Gasteiger charge is 2.37. The Morgan fingerprint density at radius 2 is 1.97 bits per heavy atom. The summed E-state index contributed by atoms with van der Waals surface area (Å²) in [6, 6.07) is 9.32. The van der Waals surface area contributed by atoms with Gasteiger partial charge < -0.3 is 9.84 Å². The van der Waals surface area contributed by atoms with Gasteiger partial charge in [-0.1, -0.05) is 35.0 Å². The molecule has 9 heteroatoms. The summed E-state index contributed by atoms with van der Waals surface area (Å²) in [6.45, 7) is 1.77. The number of carboxylic acid groups (broad SMARTS) is 1. The van der Waals surface area contributed by atoms with Crippen molar-refractivity contribution in [3.8, 4) is 17.6 Å². The van der Waals surface area contributed by atoms with E-state index in [1.54, 1.807) is 24.3 Å². The molecule has 38 heavy (non-hydrogen) atoms. The quantitative estimate of drug-likeness (QED) is 0.298. The molecule has 1 N–H and O–H groups in total. The number of carbonyl (C=O) groups is 1. The van der Waals surface area contributed by atoms with E-state index in [4.69, 9.17) is 27.9 Å². The second-order valence-corrected chi connectivity index (χ2v) is 10.5. The van der Waals surface area contributed by atoms with Crippen molar-refractivity contribution in [2.45, 2.75) is 38.3 Å². The van der Waals surface area contributed by atoms with E-state index in [1.165, 1.54) is 25.4 Å². The monoisotopic (exact) mass is 560 g/mol. The number of hydrogen-bond acceptors (Lipinski definition) is 4. The number of fused-ring (bicyclic) bond motifs is 1. The minimum absolute atomic E-state index is 0.0247. The van der Waals surface area contributed by atoms with E-state index in [2.05, 4.69) is 21.7 Å². The van der Waals surface area contributed by atoms with Crippen molar-refractivity contribution in [2.75, 3.05) is 26.7 Å². The lowest BCUT2D eigenvalue weighted by Gasteiger charge is -2.41. The molecule has 1 aromatic heterocycles. The summed E-state index contributed by atoms with van der Waals surface area (Å²) in [5.41, 5.74) is 1.00. The summed E-state index contributed by atoms with van der Waals surface area (Å²) in [4.78, 5) is 18.2. The molecule has 0 aliphatic carbocycles. The molecule has 1 aliphatic rings. The number of hydrogen-bond donors (Lipinski definition) is 1. The number of aromatic nitrogens is 1. The molecule has 3 aromatic rings. The maximum Gasteiger partial charge on any atom is 0.303 e. The number of methoxy groups -OCH3 is 1. The maximum absolute atomic E-state index is 15.7. The summed E-state index contributed by atoms with van der Waals surface area (Å²) >= 11 is 12.4. The highest BCUT2D eigenvalue weighted by Crippen LogP contribution is 2.44. The van der Waals surface area contributed by atoms with Gasteiger partial charge in [0.05, 0.1) is 35.6 Å². The Kier molecular flexibility index (Phi) is 9.09. The highest BCUT2D eigenvalue weighted by atomic mass is 35.5. The smallest absolute Gasteiger partial charge is 0.303 e. The third kappa shape index (κ3) is 6.74. The van der Waals surface area contributed by atoms with Gasteiger partial charge in [0.1, 0.15) is 17.7 Å². The Balaban J connectivity index is 1.43. The van der Waals surface area contributed by atoms with Crippen molar-refractivity contribution in [3.05, 3.63) is 69.6 Å². The molecule has 200 valence electrons. The van der Waals surface area contributed by atoms with Crippen LogP contribution in [0.2, 0.25) is 10.0 Å². The molecule has 0 bridgehead atoms.